The lowest BCUT2D eigenvalue weighted by Crippen LogP contribution is -2.18. The third-order valence-electron chi connectivity index (χ3n) is 2.43. The van der Waals surface area contributed by atoms with Crippen molar-refractivity contribution < 1.29 is 17.9 Å². The van der Waals surface area contributed by atoms with E-state index in [1.165, 1.54) is 0 Å². The molecule has 0 aliphatic rings. The maximum atomic E-state index is 12.0. The summed E-state index contributed by atoms with van der Waals surface area (Å²) >= 11 is 5.88. The summed E-state index contributed by atoms with van der Waals surface area (Å²) in [6.45, 7) is 1.86. The van der Waals surface area contributed by atoms with Crippen LogP contribution in [0.3, 0.4) is 0 Å². The zero-order chi connectivity index (χ0) is 14.5. The Labute approximate surface area is 115 Å². The highest BCUT2D eigenvalue weighted by Crippen LogP contribution is 2.25. The molecule has 0 spiro atoms. The van der Waals surface area contributed by atoms with E-state index in [9.17, 15) is 13.2 Å². The van der Waals surface area contributed by atoms with Crippen LogP contribution in [-0.2, 0) is 6.42 Å². The first kappa shape index (κ1) is 16.1. The summed E-state index contributed by atoms with van der Waals surface area (Å²) in [5, 5.41) is 0.554. The first-order chi connectivity index (χ1) is 8.78. The van der Waals surface area contributed by atoms with E-state index in [4.69, 9.17) is 22.1 Å². The molecule has 0 bridgehead atoms. The highest BCUT2D eigenvalue weighted by atomic mass is 35.5. The minimum atomic E-state index is -4.14. The second kappa shape index (κ2) is 7.01. The third kappa shape index (κ3) is 6.68. The van der Waals surface area contributed by atoms with Crippen molar-refractivity contribution in [2.45, 2.75) is 38.4 Å². The van der Waals surface area contributed by atoms with E-state index < -0.39 is 12.6 Å². The van der Waals surface area contributed by atoms with Gasteiger partial charge in [0.15, 0.2) is 0 Å². The smallest absolute Gasteiger partial charge is 0.389 e. The van der Waals surface area contributed by atoms with Crippen molar-refractivity contribution in [2.75, 3.05) is 6.61 Å². The number of benzene rings is 1. The van der Waals surface area contributed by atoms with E-state index in [0.29, 0.717) is 17.2 Å². The van der Waals surface area contributed by atoms with Gasteiger partial charge in [-0.1, -0.05) is 11.6 Å². The summed E-state index contributed by atoms with van der Waals surface area (Å²) < 4.78 is 41.4. The van der Waals surface area contributed by atoms with Crippen LogP contribution in [0.1, 0.15) is 25.3 Å². The molecule has 1 aromatic carbocycles. The Morgan fingerprint density at radius 1 is 1.37 bits per heavy atom. The molecule has 1 unspecified atom stereocenters. The molecule has 19 heavy (non-hydrogen) atoms. The molecular weight excluding hydrogens is 279 g/mol. The van der Waals surface area contributed by atoms with Crippen molar-refractivity contribution in [1.29, 1.82) is 0 Å². The Morgan fingerprint density at radius 3 is 2.63 bits per heavy atom. The summed E-state index contributed by atoms with van der Waals surface area (Å²) in [5.74, 6) is 0.545. The summed E-state index contributed by atoms with van der Waals surface area (Å²) in [6.07, 6.45) is -4.49. The average Bonchev–Trinajstić information content (AvgIpc) is 2.24. The number of alkyl halides is 3. The molecule has 0 radical (unpaired) electrons. The highest BCUT2D eigenvalue weighted by molar-refractivity contribution is 6.30. The number of hydrogen-bond acceptors (Lipinski definition) is 2. The lowest BCUT2D eigenvalue weighted by atomic mass is 10.1. The molecule has 0 saturated heterocycles. The van der Waals surface area contributed by atoms with Crippen molar-refractivity contribution in [2.24, 2.45) is 5.73 Å². The van der Waals surface area contributed by atoms with Gasteiger partial charge in [0.2, 0.25) is 0 Å². The van der Waals surface area contributed by atoms with Crippen LogP contribution in [-0.4, -0.2) is 18.8 Å². The Hall–Kier alpha value is -0.940. The maximum absolute atomic E-state index is 12.0. The van der Waals surface area contributed by atoms with E-state index >= 15 is 0 Å². The standard InChI is InChI=1S/C13H17ClF3NO/c1-9(18)7-10-8-11(14)3-4-12(10)19-6-2-5-13(15,16)17/h3-4,8-9H,2,5-7,18H2,1H3. The normalized spacial score (nSPS) is 13.4. The SMILES string of the molecule is CC(N)Cc1cc(Cl)ccc1OCCCC(F)(F)F. The van der Waals surface area contributed by atoms with Gasteiger partial charge in [0.25, 0.3) is 0 Å². The van der Waals surface area contributed by atoms with Gasteiger partial charge in [0.05, 0.1) is 6.61 Å². The molecule has 1 rings (SSSR count). The summed E-state index contributed by atoms with van der Waals surface area (Å²) in [5.41, 5.74) is 6.52. The van der Waals surface area contributed by atoms with Crippen molar-refractivity contribution in [3.8, 4) is 5.75 Å². The van der Waals surface area contributed by atoms with Crippen LogP contribution in [0.15, 0.2) is 18.2 Å². The molecule has 0 fully saturated rings. The molecule has 0 aromatic heterocycles. The van der Waals surface area contributed by atoms with Crippen LogP contribution >= 0.6 is 11.6 Å². The zero-order valence-electron chi connectivity index (χ0n) is 10.6. The van der Waals surface area contributed by atoms with Crippen molar-refractivity contribution in [1.82, 2.24) is 0 Å². The summed E-state index contributed by atoms with van der Waals surface area (Å²) in [7, 11) is 0. The first-order valence-electron chi connectivity index (χ1n) is 6.01. The fourth-order valence-corrected chi connectivity index (χ4v) is 1.84. The minimum Gasteiger partial charge on any atom is -0.493 e. The van der Waals surface area contributed by atoms with E-state index in [1.807, 2.05) is 6.92 Å². The molecule has 6 heteroatoms. The highest BCUT2D eigenvalue weighted by Gasteiger charge is 2.26. The zero-order valence-corrected chi connectivity index (χ0v) is 11.4. The Kier molecular flexibility index (Phi) is 5.94. The third-order valence-corrected chi connectivity index (χ3v) is 2.66. The van der Waals surface area contributed by atoms with Gasteiger partial charge in [-0.2, -0.15) is 13.2 Å². The quantitative estimate of drug-likeness (QED) is 0.807. The lowest BCUT2D eigenvalue weighted by molar-refractivity contribution is -0.136. The molecule has 0 aliphatic heterocycles. The molecule has 108 valence electrons. The predicted octanol–water partition coefficient (Wildman–Crippen LogP) is 3.95. The van der Waals surface area contributed by atoms with Gasteiger partial charge in [-0.15, -0.1) is 0 Å². The van der Waals surface area contributed by atoms with Gasteiger partial charge in [-0.3, -0.25) is 0 Å². The van der Waals surface area contributed by atoms with Crippen LogP contribution < -0.4 is 10.5 Å². The molecule has 1 aromatic rings. The van der Waals surface area contributed by atoms with Crippen molar-refractivity contribution in [3.63, 3.8) is 0 Å². The Morgan fingerprint density at radius 2 is 2.05 bits per heavy atom. The predicted molar refractivity (Wildman–Crippen MR) is 69.6 cm³/mol. The van der Waals surface area contributed by atoms with Gasteiger partial charge in [0, 0.05) is 17.5 Å². The summed E-state index contributed by atoms with van der Waals surface area (Å²) in [4.78, 5) is 0. The van der Waals surface area contributed by atoms with E-state index in [0.717, 1.165) is 5.56 Å². The first-order valence-corrected chi connectivity index (χ1v) is 6.39. The topological polar surface area (TPSA) is 35.2 Å². The molecule has 1 atom stereocenters. The molecule has 0 amide bonds. The molecule has 0 heterocycles. The number of ether oxygens (including phenoxy) is 1. The number of nitrogens with two attached hydrogens (primary N) is 1. The number of halogens is 4. The van der Waals surface area contributed by atoms with E-state index in [2.05, 4.69) is 0 Å². The number of rotatable bonds is 6. The van der Waals surface area contributed by atoms with Gasteiger partial charge < -0.3 is 10.5 Å². The van der Waals surface area contributed by atoms with Crippen molar-refractivity contribution >= 4 is 11.6 Å². The van der Waals surface area contributed by atoms with Gasteiger partial charge in [-0.25, -0.2) is 0 Å². The second-order valence-corrected chi connectivity index (χ2v) is 4.94. The fraction of sp³-hybridized carbons (Fsp3) is 0.538. The summed E-state index contributed by atoms with van der Waals surface area (Å²) in [6, 6.07) is 4.96. The second-order valence-electron chi connectivity index (χ2n) is 4.50. The molecule has 0 aliphatic carbocycles. The Balaban J connectivity index is 2.57. The van der Waals surface area contributed by atoms with Crippen LogP contribution in [0.2, 0.25) is 5.02 Å². The van der Waals surface area contributed by atoms with Gasteiger partial charge >= 0.3 is 6.18 Å². The minimum absolute atomic E-state index is 0.0209. The van der Waals surface area contributed by atoms with E-state index in [-0.39, 0.29) is 19.1 Å². The monoisotopic (exact) mass is 295 g/mol. The average molecular weight is 296 g/mol. The van der Waals surface area contributed by atoms with Gasteiger partial charge in [0.1, 0.15) is 5.75 Å². The van der Waals surface area contributed by atoms with Crippen LogP contribution in [0.25, 0.3) is 0 Å². The molecule has 2 nitrogen and oxygen atoms in total. The maximum Gasteiger partial charge on any atom is 0.389 e. The lowest BCUT2D eigenvalue weighted by Gasteiger charge is -2.14. The van der Waals surface area contributed by atoms with Crippen molar-refractivity contribution in [3.05, 3.63) is 28.8 Å². The van der Waals surface area contributed by atoms with Crippen LogP contribution in [0.4, 0.5) is 13.2 Å². The number of hydrogen-bond donors (Lipinski definition) is 1. The molecular formula is C13H17ClF3NO. The largest absolute Gasteiger partial charge is 0.493 e. The van der Waals surface area contributed by atoms with Crippen LogP contribution in [0.5, 0.6) is 5.75 Å². The van der Waals surface area contributed by atoms with Gasteiger partial charge in [-0.05, 0) is 43.5 Å². The Bertz CT molecular complexity index is 407. The fourth-order valence-electron chi connectivity index (χ4n) is 1.65. The molecule has 0 saturated carbocycles. The van der Waals surface area contributed by atoms with E-state index in [1.54, 1.807) is 18.2 Å². The van der Waals surface area contributed by atoms with Crippen LogP contribution in [0, 0.1) is 0 Å². The molecule has 2 N–H and O–H groups in total.